The molecule has 0 fully saturated rings. The normalized spacial score (nSPS) is 11.9. The zero-order valence-electron chi connectivity index (χ0n) is 10.1. The van der Waals surface area contributed by atoms with Crippen LogP contribution in [-0.2, 0) is 0 Å². The summed E-state index contributed by atoms with van der Waals surface area (Å²) in [4.78, 5) is 5.40. The predicted octanol–water partition coefficient (Wildman–Crippen LogP) is 4.15. The first-order valence-corrected chi connectivity index (χ1v) is 6.73. The van der Waals surface area contributed by atoms with Gasteiger partial charge in [-0.15, -0.1) is 11.3 Å². The van der Waals surface area contributed by atoms with E-state index in [9.17, 15) is 0 Å². The minimum absolute atomic E-state index is 0.115. The molecule has 18 heavy (non-hydrogen) atoms. The van der Waals surface area contributed by atoms with Gasteiger partial charge in [0.2, 0.25) is 0 Å². The Kier molecular flexibility index (Phi) is 3.85. The van der Waals surface area contributed by atoms with Crippen molar-refractivity contribution in [2.75, 3.05) is 5.32 Å². The Balaban J connectivity index is 2.24. The third kappa shape index (κ3) is 2.63. The van der Waals surface area contributed by atoms with Gasteiger partial charge in [0.25, 0.3) is 0 Å². The maximum absolute atomic E-state index is 8.89. The van der Waals surface area contributed by atoms with Crippen LogP contribution >= 0.6 is 22.9 Å². The fraction of sp³-hybridized carbons (Fsp3) is 0.231. The molecule has 1 aromatic carbocycles. The maximum atomic E-state index is 8.89. The molecule has 1 heterocycles. The van der Waals surface area contributed by atoms with E-state index < -0.39 is 0 Å². The SMILES string of the molecule is Cc1ncsc1C(C)Nc1cc(C#N)ccc1Cl. The number of nitrogens with zero attached hydrogens (tertiary/aromatic N) is 2. The van der Waals surface area contributed by atoms with Gasteiger partial charge in [-0.05, 0) is 32.0 Å². The van der Waals surface area contributed by atoms with Crippen LogP contribution in [0.4, 0.5) is 5.69 Å². The summed E-state index contributed by atoms with van der Waals surface area (Å²) in [5.74, 6) is 0. The van der Waals surface area contributed by atoms with E-state index in [1.165, 1.54) is 4.88 Å². The molecule has 0 aliphatic rings. The van der Waals surface area contributed by atoms with Crippen LogP contribution in [0.1, 0.15) is 29.1 Å². The standard InChI is InChI=1S/C13H12ClN3S/c1-8-13(18-7-16-8)9(2)17-12-5-10(6-15)3-4-11(12)14/h3-5,7,9,17H,1-2H3. The van der Waals surface area contributed by atoms with E-state index >= 15 is 0 Å². The molecule has 0 aliphatic carbocycles. The van der Waals surface area contributed by atoms with Crippen molar-refractivity contribution in [3.8, 4) is 6.07 Å². The van der Waals surface area contributed by atoms with E-state index in [4.69, 9.17) is 16.9 Å². The first kappa shape index (κ1) is 12.9. The van der Waals surface area contributed by atoms with Crippen molar-refractivity contribution in [2.45, 2.75) is 19.9 Å². The van der Waals surface area contributed by atoms with Gasteiger partial charge in [0, 0.05) is 4.88 Å². The van der Waals surface area contributed by atoms with Gasteiger partial charge in [-0.25, -0.2) is 4.98 Å². The third-order valence-corrected chi connectivity index (χ3v) is 4.09. The molecule has 0 spiro atoms. The van der Waals surface area contributed by atoms with Crippen molar-refractivity contribution in [1.82, 2.24) is 4.98 Å². The quantitative estimate of drug-likeness (QED) is 0.917. The number of aromatic nitrogens is 1. The Morgan fingerprint density at radius 2 is 2.28 bits per heavy atom. The lowest BCUT2D eigenvalue weighted by Gasteiger charge is -2.15. The average molecular weight is 278 g/mol. The van der Waals surface area contributed by atoms with Crippen LogP contribution in [0.5, 0.6) is 0 Å². The lowest BCUT2D eigenvalue weighted by molar-refractivity contribution is 0.890. The van der Waals surface area contributed by atoms with Gasteiger partial charge in [-0.2, -0.15) is 5.26 Å². The first-order valence-electron chi connectivity index (χ1n) is 5.48. The summed E-state index contributed by atoms with van der Waals surface area (Å²) in [6.07, 6.45) is 0. The second kappa shape index (κ2) is 5.38. The number of hydrogen-bond donors (Lipinski definition) is 1. The lowest BCUT2D eigenvalue weighted by Crippen LogP contribution is -2.07. The smallest absolute Gasteiger partial charge is 0.0992 e. The highest BCUT2D eigenvalue weighted by molar-refractivity contribution is 7.09. The molecule has 0 bridgehead atoms. The molecule has 2 aromatic rings. The zero-order chi connectivity index (χ0) is 13.1. The summed E-state index contributed by atoms with van der Waals surface area (Å²) in [6, 6.07) is 7.41. The van der Waals surface area contributed by atoms with E-state index in [1.807, 2.05) is 12.4 Å². The molecular weight excluding hydrogens is 266 g/mol. The molecule has 5 heteroatoms. The fourth-order valence-electron chi connectivity index (χ4n) is 1.73. The first-order chi connectivity index (χ1) is 8.61. The molecule has 0 amide bonds. The van der Waals surface area contributed by atoms with Crippen molar-refractivity contribution < 1.29 is 0 Å². The fourth-order valence-corrected chi connectivity index (χ4v) is 2.71. The Bertz CT molecular complexity index is 601. The van der Waals surface area contributed by atoms with Gasteiger partial charge in [0.15, 0.2) is 0 Å². The van der Waals surface area contributed by atoms with Crippen molar-refractivity contribution in [3.05, 3.63) is 44.9 Å². The molecule has 0 saturated heterocycles. The Labute approximate surface area is 115 Å². The summed E-state index contributed by atoms with van der Waals surface area (Å²) in [7, 11) is 0. The molecule has 3 nitrogen and oxygen atoms in total. The van der Waals surface area contributed by atoms with Gasteiger partial charge in [-0.3, -0.25) is 0 Å². The lowest BCUT2D eigenvalue weighted by atomic mass is 10.2. The number of halogens is 1. The van der Waals surface area contributed by atoms with Crippen molar-refractivity contribution in [2.24, 2.45) is 0 Å². The second-order valence-electron chi connectivity index (χ2n) is 3.97. The molecule has 92 valence electrons. The van der Waals surface area contributed by atoms with Crippen LogP contribution in [0, 0.1) is 18.3 Å². The van der Waals surface area contributed by atoms with Crippen molar-refractivity contribution >= 4 is 28.6 Å². The number of hydrogen-bond acceptors (Lipinski definition) is 4. The van der Waals surface area contributed by atoms with Crippen LogP contribution in [0.2, 0.25) is 5.02 Å². The van der Waals surface area contributed by atoms with Crippen LogP contribution in [0.15, 0.2) is 23.7 Å². The van der Waals surface area contributed by atoms with Crippen LogP contribution < -0.4 is 5.32 Å². The Hall–Kier alpha value is -1.57. The van der Waals surface area contributed by atoms with E-state index in [0.717, 1.165) is 11.4 Å². The Morgan fingerprint density at radius 3 is 2.89 bits per heavy atom. The van der Waals surface area contributed by atoms with E-state index in [-0.39, 0.29) is 6.04 Å². The third-order valence-electron chi connectivity index (χ3n) is 2.64. The van der Waals surface area contributed by atoms with E-state index in [2.05, 4.69) is 23.3 Å². The summed E-state index contributed by atoms with van der Waals surface area (Å²) in [6.45, 7) is 4.03. The minimum atomic E-state index is 0.115. The molecule has 1 unspecified atom stereocenters. The molecular formula is C13H12ClN3S. The molecule has 0 aliphatic heterocycles. The summed E-state index contributed by atoms with van der Waals surface area (Å²) >= 11 is 7.73. The Morgan fingerprint density at radius 1 is 1.50 bits per heavy atom. The minimum Gasteiger partial charge on any atom is -0.376 e. The largest absolute Gasteiger partial charge is 0.376 e. The number of thiazole rings is 1. The van der Waals surface area contributed by atoms with Crippen molar-refractivity contribution in [1.29, 1.82) is 5.26 Å². The average Bonchev–Trinajstić information content (AvgIpc) is 2.78. The van der Waals surface area contributed by atoms with Crippen molar-refractivity contribution in [3.63, 3.8) is 0 Å². The summed E-state index contributed by atoms with van der Waals surface area (Å²) in [5.41, 5.74) is 4.22. The monoisotopic (exact) mass is 277 g/mol. The van der Waals surface area contributed by atoms with E-state index in [1.54, 1.807) is 29.5 Å². The topological polar surface area (TPSA) is 48.7 Å². The number of aryl methyl sites for hydroxylation is 1. The molecule has 0 radical (unpaired) electrons. The van der Waals surface area contributed by atoms with Crippen LogP contribution in [0.25, 0.3) is 0 Å². The molecule has 1 aromatic heterocycles. The van der Waals surface area contributed by atoms with Gasteiger partial charge in [0.05, 0.1) is 39.6 Å². The highest BCUT2D eigenvalue weighted by Gasteiger charge is 2.12. The maximum Gasteiger partial charge on any atom is 0.0992 e. The van der Waals surface area contributed by atoms with Gasteiger partial charge in [-0.1, -0.05) is 11.6 Å². The number of anilines is 1. The highest BCUT2D eigenvalue weighted by Crippen LogP contribution is 2.29. The summed E-state index contributed by atoms with van der Waals surface area (Å²) < 4.78 is 0. The predicted molar refractivity (Wildman–Crippen MR) is 75.1 cm³/mol. The highest BCUT2D eigenvalue weighted by atomic mass is 35.5. The number of nitriles is 1. The molecule has 1 atom stereocenters. The van der Waals surface area contributed by atoms with Crippen LogP contribution in [0.3, 0.4) is 0 Å². The number of rotatable bonds is 3. The molecule has 2 rings (SSSR count). The van der Waals surface area contributed by atoms with Gasteiger partial charge in [0.1, 0.15) is 0 Å². The molecule has 1 N–H and O–H groups in total. The number of nitrogens with one attached hydrogen (secondary N) is 1. The number of benzene rings is 1. The zero-order valence-corrected chi connectivity index (χ0v) is 11.6. The van der Waals surface area contributed by atoms with Gasteiger partial charge >= 0.3 is 0 Å². The summed E-state index contributed by atoms with van der Waals surface area (Å²) in [5, 5.41) is 12.8. The van der Waals surface area contributed by atoms with E-state index in [0.29, 0.717) is 10.6 Å². The second-order valence-corrected chi connectivity index (χ2v) is 5.27. The van der Waals surface area contributed by atoms with Crippen LogP contribution in [-0.4, -0.2) is 4.98 Å². The molecule has 0 saturated carbocycles. The van der Waals surface area contributed by atoms with Gasteiger partial charge < -0.3 is 5.32 Å².